The molecule has 3 nitrogen and oxygen atoms in total. The Morgan fingerprint density at radius 1 is 1.19 bits per heavy atom. The third-order valence-corrected chi connectivity index (χ3v) is 2.93. The van der Waals surface area contributed by atoms with E-state index in [9.17, 15) is 8.78 Å². The molecule has 0 fully saturated rings. The molecular weight excluding hydrogens is 387 g/mol. The van der Waals surface area contributed by atoms with E-state index in [0.29, 0.717) is 24.6 Å². The largest absolute Gasteiger partial charge is 0.357 e. The maximum atomic E-state index is 13.1. The van der Waals surface area contributed by atoms with Gasteiger partial charge < -0.3 is 10.6 Å². The highest BCUT2D eigenvalue weighted by Crippen LogP contribution is 2.08. The van der Waals surface area contributed by atoms with Crippen LogP contribution < -0.4 is 10.6 Å². The van der Waals surface area contributed by atoms with Crippen LogP contribution in [0.3, 0.4) is 0 Å². The van der Waals surface area contributed by atoms with Crippen LogP contribution in [0.4, 0.5) is 8.78 Å². The van der Waals surface area contributed by atoms with Gasteiger partial charge in [0, 0.05) is 25.2 Å². The molecule has 1 unspecified atom stereocenters. The third-order valence-electron chi connectivity index (χ3n) is 2.93. The van der Waals surface area contributed by atoms with Gasteiger partial charge in [0.1, 0.15) is 11.6 Å². The predicted molar refractivity (Wildman–Crippen MR) is 94.3 cm³/mol. The van der Waals surface area contributed by atoms with Crippen molar-refractivity contribution >= 4 is 29.9 Å². The highest BCUT2D eigenvalue weighted by molar-refractivity contribution is 14.0. The third kappa shape index (κ3) is 8.18. The molecule has 1 rings (SSSR count). The van der Waals surface area contributed by atoms with Crippen LogP contribution >= 0.6 is 24.0 Å². The molecule has 21 heavy (non-hydrogen) atoms. The average Bonchev–Trinajstić information content (AvgIpc) is 2.37. The van der Waals surface area contributed by atoms with Gasteiger partial charge in [0.15, 0.2) is 5.96 Å². The molecule has 0 heterocycles. The summed E-state index contributed by atoms with van der Waals surface area (Å²) in [5, 5.41) is 6.41. The zero-order valence-corrected chi connectivity index (χ0v) is 15.1. The first-order valence-corrected chi connectivity index (χ1v) is 7.05. The first-order valence-electron chi connectivity index (χ1n) is 7.05. The van der Waals surface area contributed by atoms with Crippen molar-refractivity contribution in [3.05, 3.63) is 35.4 Å². The molecule has 0 saturated carbocycles. The van der Waals surface area contributed by atoms with E-state index in [1.165, 1.54) is 12.1 Å². The van der Waals surface area contributed by atoms with Gasteiger partial charge >= 0.3 is 0 Å². The van der Waals surface area contributed by atoms with Crippen molar-refractivity contribution in [2.45, 2.75) is 39.7 Å². The highest BCUT2D eigenvalue weighted by atomic mass is 127. The number of nitrogens with zero attached hydrogens (tertiary/aromatic N) is 1. The fourth-order valence-electron chi connectivity index (χ4n) is 1.71. The molecule has 0 radical (unpaired) electrons. The molecule has 6 heteroatoms. The summed E-state index contributed by atoms with van der Waals surface area (Å²) in [6.45, 7) is 7.42. The van der Waals surface area contributed by atoms with E-state index in [1.807, 2.05) is 6.92 Å². The molecule has 1 aromatic rings. The van der Waals surface area contributed by atoms with Crippen molar-refractivity contribution in [2.75, 3.05) is 13.1 Å². The first kappa shape index (κ1) is 20.1. The number of halogens is 3. The zero-order chi connectivity index (χ0) is 15.0. The van der Waals surface area contributed by atoms with Crippen molar-refractivity contribution in [1.82, 2.24) is 10.6 Å². The maximum absolute atomic E-state index is 13.1. The summed E-state index contributed by atoms with van der Waals surface area (Å²) in [5.41, 5.74) is 0.616. The summed E-state index contributed by atoms with van der Waals surface area (Å²) in [5.74, 6) is -0.360. The molecule has 0 spiro atoms. The van der Waals surface area contributed by atoms with Crippen LogP contribution in [0.15, 0.2) is 23.2 Å². The molecular formula is C15H24F2IN3. The quantitative estimate of drug-likeness (QED) is 0.427. The van der Waals surface area contributed by atoms with Crippen molar-refractivity contribution in [2.24, 2.45) is 4.99 Å². The van der Waals surface area contributed by atoms with Gasteiger partial charge in [-0.25, -0.2) is 8.78 Å². The van der Waals surface area contributed by atoms with Crippen LogP contribution in [0.5, 0.6) is 0 Å². The Morgan fingerprint density at radius 2 is 1.81 bits per heavy atom. The fourth-order valence-corrected chi connectivity index (χ4v) is 1.71. The van der Waals surface area contributed by atoms with Gasteiger partial charge in [-0.15, -0.1) is 24.0 Å². The van der Waals surface area contributed by atoms with E-state index >= 15 is 0 Å². The summed E-state index contributed by atoms with van der Waals surface area (Å²) in [6, 6.07) is 3.89. The topological polar surface area (TPSA) is 36.4 Å². The van der Waals surface area contributed by atoms with Gasteiger partial charge in [0.25, 0.3) is 0 Å². The van der Waals surface area contributed by atoms with Crippen molar-refractivity contribution in [3.63, 3.8) is 0 Å². The van der Waals surface area contributed by atoms with Crippen molar-refractivity contribution in [3.8, 4) is 0 Å². The van der Waals surface area contributed by atoms with Crippen molar-refractivity contribution in [1.29, 1.82) is 0 Å². The monoisotopic (exact) mass is 411 g/mol. The Kier molecular flexibility index (Phi) is 10.3. The molecule has 2 N–H and O–H groups in total. The molecule has 0 saturated heterocycles. The maximum Gasteiger partial charge on any atom is 0.191 e. The number of guanidine groups is 1. The lowest BCUT2D eigenvalue weighted by Gasteiger charge is -2.16. The number of rotatable bonds is 6. The average molecular weight is 411 g/mol. The number of aliphatic imine (C=N–C) groups is 1. The molecule has 0 aliphatic rings. The number of benzene rings is 1. The number of hydrogen-bond acceptors (Lipinski definition) is 1. The lowest BCUT2D eigenvalue weighted by Crippen LogP contribution is -2.42. The molecule has 1 atom stereocenters. The van der Waals surface area contributed by atoms with Gasteiger partial charge in [-0.05, 0) is 44.4 Å². The summed E-state index contributed by atoms with van der Waals surface area (Å²) < 4.78 is 26.1. The number of nitrogens with one attached hydrogen (secondary N) is 2. The van der Waals surface area contributed by atoms with Gasteiger partial charge in [-0.3, -0.25) is 4.99 Å². The van der Waals surface area contributed by atoms with E-state index < -0.39 is 11.6 Å². The van der Waals surface area contributed by atoms with E-state index in [1.54, 1.807) is 0 Å². The van der Waals surface area contributed by atoms with Gasteiger partial charge in [-0.1, -0.05) is 6.92 Å². The second-order valence-corrected chi connectivity index (χ2v) is 4.74. The minimum Gasteiger partial charge on any atom is -0.357 e. The fraction of sp³-hybridized carbons (Fsp3) is 0.533. The van der Waals surface area contributed by atoms with E-state index in [2.05, 4.69) is 29.5 Å². The smallest absolute Gasteiger partial charge is 0.191 e. The molecule has 0 bridgehead atoms. The molecule has 120 valence electrons. The normalized spacial score (nSPS) is 12.5. The van der Waals surface area contributed by atoms with E-state index in [4.69, 9.17) is 0 Å². The SMILES string of the molecule is CCNC(=NCCc1cc(F)cc(F)c1)NC(C)CC.I. The van der Waals surface area contributed by atoms with Crippen LogP contribution in [0.1, 0.15) is 32.8 Å². The van der Waals surface area contributed by atoms with Gasteiger partial charge in [0.2, 0.25) is 0 Å². The molecule has 0 aromatic heterocycles. The number of hydrogen-bond donors (Lipinski definition) is 2. The summed E-state index contributed by atoms with van der Waals surface area (Å²) >= 11 is 0. The predicted octanol–water partition coefficient (Wildman–Crippen LogP) is 3.48. The van der Waals surface area contributed by atoms with Gasteiger partial charge in [0.05, 0.1) is 0 Å². The minimum atomic E-state index is -0.548. The molecule has 0 amide bonds. The molecule has 0 aliphatic carbocycles. The minimum absolute atomic E-state index is 0. The lowest BCUT2D eigenvalue weighted by molar-refractivity contribution is 0.579. The van der Waals surface area contributed by atoms with Crippen LogP contribution in [-0.4, -0.2) is 25.1 Å². The molecule has 0 aliphatic heterocycles. The Morgan fingerprint density at radius 3 is 2.33 bits per heavy atom. The Bertz CT molecular complexity index is 432. The Hall–Kier alpha value is -0.920. The van der Waals surface area contributed by atoms with Gasteiger partial charge in [-0.2, -0.15) is 0 Å². The first-order chi connectivity index (χ1) is 9.55. The Balaban J connectivity index is 0.00000400. The van der Waals surface area contributed by atoms with Crippen LogP contribution in [-0.2, 0) is 6.42 Å². The molecule has 1 aromatic carbocycles. The second-order valence-electron chi connectivity index (χ2n) is 4.74. The summed E-state index contributed by atoms with van der Waals surface area (Å²) in [6.07, 6.45) is 1.51. The zero-order valence-electron chi connectivity index (χ0n) is 12.7. The lowest BCUT2D eigenvalue weighted by atomic mass is 10.1. The second kappa shape index (κ2) is 10.8. The van der Waals surface area contributed by atoms with Crippen molar-refractivity contribution < 1.29 is 8.78 Å². The summed E-state index contributed by atoms with van der Waals surface area (Å²) in [7, 11) is 0. The summed E-state index contributed by atoms with van der Waals surface area (Å²) in [4.78, 5) is 4.41. The van der Waals surface area contributed by atoms with E-state index in [0.717, 1.165) is 25.0 Å². The highest BCUT2D eigenvalue weighted by Gasteiger charge is 2.03. The standard InChI is InChI=1S/C15H23F2N3.HI/c1-4-11(3)20-15(18-5-2)19-7-6-12-8-13(16)10-14(17)9-12;/h8-11H,4-7H2,1-3H3,(H2,18,19,20);1H. The van der Waals surface area contributed by atoms with Crippen LogP contribution in [0, 0.1) is 11.6 Å². The Labute approximate surface area is 142 Å². The van der Waals surface area contributed by atoms with Crippen LogP contribution in [0.2, 0.25) is 0 Å². The van der Waals surface area contributed by atoms with Crippen LogP contribution in [0.25, 0.3) is 0 Å². The van der Waals surface area contributed by atoms with E-state index in [-0.39, 0.29) is 24.0 Å².